The highest BCUT2D eigenvalue weighted by molar-refractivity contribution is 5.00. The predicted octanol–water partition coefficient (Wildman–Crippen LogP) is 3.65. The Balaban J connectivity index is 1.93. The molecule has 72 valence electrons. The van der Waals surface area contributed by atoms with Crippen LogP contribution in [0.1, 0.15) is 38.4 Å². The van der Waals surface area contributed by atoms with Crippen LogP contribution in [0, 0.1) is 11.8 Å². The fourth-order valence-electron chi connectivity index (χ4n) is 2.38. The van der Waals surface area contributed by atoms with Crippen molar-refractivity contribution in [3.05, 3.63) is 24.2 Å². The molecule has 1 aliphatic carbocycles. The molecule has 1 saturated carbocycles. The van der Waals surface area contributed by atoms with E-state index in [1.54, 1.807) is 6.26 Å². The molecule has 1 aliphatic rings. The highest BCUT2D eigenvalue weighted by Gasteiger charge is 2.21. The number of rotatable bonds is 2. The van der Waals surface area contributed by atoms with Crippen molar-refractivity contribution in [2.45, 2.75) is 39.0 Å². The van der Waals surface area contributed by atoms with Crippen molar-refractivity contribution in [2.75, 3.05) is 0 Å². The van der Waals surface area contributed by atoms with E-state index in [0.717, 1.165) is 18.3 Å². The van der Waals surface area contributed by atoms with Gasteiger partial charge in [0.1, 0.15) is 5.76 Å². The molecule has 2 atom stereocenters. The first-order valence-electron chi connectivity index (χ1n) is 5.38. The van der Waals surface area contributed by atoms with Gasteiger partial charge in [0.2, 0.25) is 0 Å². The average molecular weight is 178 g/mol. The standard InChI is InChI=1S/C12H18O/c1-10-5-2-3-6-11(10)9-12-7-4-8-13-12/h4,7-8,10-11H,2-3,5-6,9H2,1H3. The Bertz CT molecular complexity index is 238. The van der Waals surface area contributed by atoms with E-state index in [1.807, 2.05) is 6.07 Å². The van der Waals surface area contributed by atoms with Gasteiger partial charge >= 0.3 is 0 Å². The molecule has 0 saturated heterocycles. The summed E-state index contributed by atoms with van der Waals surface area (Å²) in [7, 11) is 0. The first-order chi connectivity index (χ1) is 6.36. The fraction of sp³-hybridized carbons (Fsp3) is 0.667. The maximum absolute atomic E-state index is 5.38. The summed E-state index contributed by atoms with van der Waals surface area (Å²) in [6.07, 6.45) is 8.57. The molecular formula is C12H18O. The van der Waals surface area contributed by atoms with Crippen LogP contribution in [0.4, 0.5) is 0 Å². The molecule has 0 bridgehead atoms. The van der Waals surface area contributed by atoms with Crippen molar-refractivity contribution in [2.24, 2.45) is 11.8 Å². The van der Waals surface area contributed by atoms with Crippen molar-refractivity contribution in [1.82, 2.24) is 0 Å². The molecule has 0 spiro atoms. The third-order valence-electron chi connectivity index (χ3n) is 3.33. The van der Waals surface area contributed by atoms with Crippen molar-refractivity contribution < 1.29 is 4.42 Å². The van der Waals surface area contributed by atoms with E-state index in [4.69, 9.17) is 4.42 Å². The summed E-state index contributed by atoms with van der Waals surface area (Å²) in [5, 5.41) is 0. The third-order valence-corrected chi connectivity index (χ3v) is 3.33. The van der Waals surface area contributed by atoms with Crippen LogP contribution in [0.25, 0.3) is 0 Å². The lowest BCUT2D eigenvalue weighted by Crippen LogP contribution is -2.18. The van der Waals surface area contributed by atoms with Crippen molar-refractivity contribution >= 4 is 0 Å². The van der Waals surface area contributed by atoms with Gasteiger partial charge in [-0.1, -0.05) is 26.2 Å². The monoisotopic (exact) mass is 178 g/mol. The molecule has 13 heavy (non-hydrogen) atoms. The molecule has 0 N–H and O–H groups in total. The second-order valence-corrected chi connectivity index (χ2v) is 4.31. The minimum atomic E-state index is 0.861. The van der Waals surface area contributed by atoms with Crippen LogP contribution in [0.3, 0.4) is 0 Å². The quantitative estimate of drug-likeness (QED) is 0.673. The lowest BCUT2D eigenvalue weighted by atomic mass is 9.78. The van der Waals surface area contributed by atoms with Crippen molar-refractivity contribution in [3.8, 4) is 0 Å². The van der Waals surface area contributed by atoms with Gasteiger partial charge in [-0.15, -0.1) is 0 Å². The fourth-order valence-corrected chi connectivity index (χ4v) is 2.38. The van der Waals surface area contributed by atoms with Gasteiger partial charge in [0.05, 0.1) is 6.26 Å². The van der Waals surface area contributed by atoms with Gasteiger partial charge in [0.25, 0.3) is 0 Å². The third kappa shape index (κ3) is 2.15. The zero-order chi connectivity index (χ0) is 9.10. The number of furan rings is 1. The van der Waals surface area contributed by atoms with E-state index < -0.39 is 0 Å². The van der Waals surface area contributed by atoms with Crippen LogP contribution in [0.5, 0.6) is 0 Å². The molecule has 1 aromatic heterocycles. The molecule has 0 aromatic carbocycles. The summed E-state index contributed by atoms with van der Waals surface area (Å²) in [5.41, 5.74) is 0. The maximum atomic E-state index is 5.38. The van der Waals surface area contributed by atoms with Crippen molar-refractivity contribution in [1.29, 1.82) is 0 Å². The second kappa shape index (κ2) is 3.99. The van der Waals surface area contributed by atoms with E-state index in [0.29, 0.717) is 0 Å². The molecule has 2 unspecified atom stereocenters. The summed E-state index contributed by atoms with van der Waals surface area (Å²) < 4.78 is 5.38. The summed E-state index contributed by atoms with van der Waals surface area (Å²) in [4.78, 5) is 0. The van der Waals surface area contributed by atoms with Crippen LogP contribution in [-0.4, -0.2) is 0 Å². The Labute approximate surface area is 80.1 Å². The second-order valence-electron chi connectivity index (χ2n) is 4.31. The van der Waals surface area contributed by atoms with Gasteiger partial charge in [-0.3, -0.25) is 0 Å². The minimum absolute atomic E-state index is 0.861. The van der Waals surface area contributed by atoms with Crippen LogP contribution in [0.15, 0.2) is 22.8 Å². The van der Waals surface area contributed by atoms with E-state index in [-0.39, 0.29) is 0 Å². The van der Waals surface area contributed by atoms with Gasteiger partial charge in [0.15, 0.2) is 0 Å². The Morgan fingerprint density at radius 2 is 2.23 bits per heavy atom. The van der Waals surface area contributed by atoms with Crippen molar-refractivity contribution in [3.63, 3.8) is 0 Å². The molecule has 1 heterocycles. The Morgan fingerprint density at radius 1 is 1.38 bits per heavy atom. The highest BCUT2D eigenvalue weighted by atomic mass is 16.3. The van der Waals surface area contributed by atoms with Gasteiger partial charge in [-0.25, -0.2) is 0 Å². The Hall–Kier alpha value is -0.720. The zero-order valence-electron chi connectivity index (χ0n) is 8.33. The van der Waals surface area contributed by atoms with Gasteiger partial charge in [-0.2, -0.15) is 0 Å². The van der Waals surface area contributed by atoms with Crippen LogP contribution in [0.2, 0.25) is 0 Å². The molecule has 1 fully saturated rings. The minimum Gasteiger partial charge on any atom is -0.469 e. The summed E-state index contributed by atoms with van der Waals surface area (Å²) in [5.74, 6) is 2.91. The Morgan fingerprint density at radius 3 is 2.92 bits per heavy atom. The summed E-state index contributed by atoms with van der Waals surface area (Å²) in [6, 6.07) is 4.09. The SMILES string of the molecule is CC1CCCCC1Cc1ccco1. The van der Waals surface area contributed by atoms with Gasteiger partial charge in [0, 0.05) is 6.42 Å². The van der Waals surface area contributed by atoms with E-state index >= 15 is 0 Å². The zero-order valence-corrected chi connectivity index (χ0v) is 8.33. The summed E-state index contributed by atoms with van der Waals surface area (Å²) in [6.45, 7) is 2.38. The molecule has 0 radical (unpaired) electrons. The van der Waals surface area contributed by atoms with E-state index in [1.165, 1.54) is 31.4 Å². The molecular weight excluding hydrogens is 160 g/mol. The lowest BCUT2D eigenvalue weighted by molar-refractivity contribution is 0.243. The van der Waals surface area contributed by atoms with Crippen LogP contribution >= 0.6 is 0 Å². The lowest BCUT2D eigenvalue weighted by Gasteiger charge is -2.27. The smallest absolute Gasteiger partial charge is 0.104 e. The number of hydrogen-bond donors (Lipinski definition) is 0. The molecule has 0 amide bonds. The highest BCUT2D eigenvalue weighted by Crippen LogP contribution is 2.31. The first kappa shape index (κ1) is 8.86. The topological polar surface area (TPSA) is 13.1 Å². The predicted molar refractivity (Wildman–Crippen MR) is 53.5 cm³/mol. The van der Waals surface area contributed by atoms with Crippen LogP contribution in [-0.2, 0) is 6.42 Å². The van der Waals surface area contributed by atoms with Gasteiger partial charge < -0.3 is 4.42 Å². The van der Waals surface area contributed by atoms with E-state index in [9.17, 15) is 0 Å². The first-order valence-corrected chi connectivity index (χ1v) is 5.38. The molecule has 1 nitrogen and oxygen atoms in total. The molecule has 1 aromatic rings. The van der Waals surface area contributed by atoms with Gasteiger partial charge in [-0.05, 0) is 30.4 Å². The van der Waals surface area contributed by atoms with E-state index in [2.05, 4.69) is 13.0 Å². The average Bonchev–Trinajstić information content (AvgIpc) is 2.61. The number of hydrogen-bond acceptors (Lipinski definition) is 1. The molecule has 1 heteroatoms. The molecule has 2 rings (SSSR count). The largest absolute Gasteiger partial charge is 0.469 e. The van der Waals surface area contributed by atoms with Crippen LogP contribution < -0.4 is 0 Å². The maximum Gasteiger partial charge on any atom is 0.104 e. The normalized spacial score (nSPS) is 29.0. The Kier molecular flexibility index (Phi) is 2.72. The molecule has 0 aliphatic heterocycles. The summed E-state index contributed by atoms with van der Waals surface area (Å²) >= 11 is 0.